The van der Waals surface area contributed by atoms with E-state index in [2.05, 4.69) is 73.7 Å². The molecule has 0 spiro atoms. The fourth-order valence-corrected chi connectivity index (χ4v) is 4.64. The zero-order valence-corrected chi connectivity index (χ0v) is 18.0. The van der Waals surface area contributed by atoms with E-state index in [9.17, 15) is 5.11 Å². The first-order valence-corrected chi connectivity index (χ1v) is 11.2. The summed E-state index contributed by atoms with van der Waals surface area (Å²) in [6, 6.07) is 13.0. The highest BCUT2D eigenvalue weighted by Gasteiger charge is 2.20. The summed E-state index contributed by atoms with van der Waals surface area (Å²) >= 11 is 0. The van der Waals surface area contributed by atoms with Crippen molar-refractivity contribution in [3.8, 4) is 0 Å². The van der Waals surface area contributed by atoms with Gasteiger partial charge in [0.2, 0.25) is 0 Å². The second kappa shape index (κ2) is 8.59. The summed E-state index contributed by atoms with van der Waals surface area (Å²) in [4.78, 5) is 13.7. The van der Waals surface area contributed by atoms with E-state index in [0.29, 0.717) is 12.5 Å². The van der Waals surface area contributed by atoms with Crippen LogP contribution < -0.4 is 20.4 Å². The normalized spacial score (nSPS) is 18.2. The fraction of sp³-hybridized carbons (Fsp3) is 0.417. The molecule has 1 fully saturated rings. The lowest BCUT2D eigenvalue weighted by Crippen LogP contribution is -2.36. The van der Waals surface area contributed by atoms with Gasteiger partial charge in [0.1, 0.15) is 12.1 Å². The predicted octanol–water partition coefficient (Wildman–Crippen LogP) is 3.66. The van der Waals surface area contributed by atoms with Crippen molar-refractivity contribution in [1.29, 1.82) is 0 Å². The van der Waals surface area contributed by atoms with E-state index >= 15 is 0 Å². The van der Waals surface area contributed by atoms with Crippen molar-refractivity contribution < 1.29 is 5.11 Å². The van der Waals surface area contributed by atoms with E-state index in [4.69, 9.17) is 0 Å². The number of aliphatic hydroxyl groups is 1. The zero-order chi connectivity index (χ0) is 21.2. The van der Waals surface area contributed by atoms with Crippen LogP contribution in [-0.4, -0.2) is 48.0 Å². The highest BCUT2D eigenvalue weighted by Crippen LogP contribution is 2.36. The van der Waals surface area contributed by atoms with Crippen LogP contribution in [-0.2, 0) is 6.54 Å². The Hall–Kier alpha value is -3.06. The van der Waals surface area contributed by atoms with E-state index in [1.54, 1.807) is 6.33 Å². The second-order valence-corrected chi connectivity index (χ2v) is 8.46. The quantitative estimate of drug-likeness (QED) is 0.564. The van der Waals surface area contributed by atoms with Gasteiger partial charge < -0.3 is 25.5 Å². The summed E-state index contributed by atoms with van der Waals surface area (Å²) in [5, 5.41) is 17.5. The third kappa shape index (κ3) is 3.97. The summed E-state index contributed by atoms with van der Waals surface area (Å²) in [5.41, 5.74) is 5.74. The van der Waals surface area contributed by atoms with Crippen molar-refractivity contribution in [2.45, 2.75) is 26.3 Å². The van der Waals surface area contributed by atoms with E-state index in [1.165, 1.54) is 16.9 Å². The number of piperidine rings is 1. The summed E-state index contributed by atoms with van der Waals surface area (Å²) in [5.74, 6) is 1.25. The highest BCUT2D eigenvalue weighted by molar-refractivity contribution is 5.97. The van der Waals surface area contributed by atoms with Crippen molar-refractivity contribution in [2.75, 3.05) is 53.3 Å². The topological polar surface area (TPSA) is 76.5 Å². The molecule has 1 unspecified atom stereocenters. The molecule has 0 radical (unpaired) electrons. The molecule has 1 atom stereocenters. The minimum atomic E-state index is 0.278. The molecule has 3 N–H and O–H groups in total. The molecule has 7 nitrogen and oxygen atoms in total. The van der Waals surface area contributed by atoms with Crippen LogP contribution in [0.15, 0.2) is 42.7 Å². The Morgan fingerprint density at radius 1 is 1.19 bits per heavy atom. The molecule has 3 aromatic rings. The first-order chi connectivity index (χ1) is 15.2. The molecule has 0 amide bonds. The average Bonchev–Trinajstić information content (AvgIpc) is 3.23. The van der Waals surface area contributed by atoms with Crippen LogP contribution in [0.3, 0.4) is 0 Å². The Morgan fingerprint density at radius 3 is 2.87 bits per heavy atom. The number of aromatic nitrogens is 2. The lowest BCUT2D eigenvalue weighted by Gasteiger charge is -2.33. The largest absolute Gasteiger partial charge is 0.396 e. The molecule has 2 aromatic carbocycles. The third-order valence-electron chi connectivity index (χ3n) is 6.47. The minimum absolute atomic E-state index is 0.278. The first-order valence-electron chi connectivity index (χ1n) is 11.2. The average molecular weight is 419 g/mol. The number of hydrogen-bond donors (Lipinski definition) is 3. The van der Waals surface area contributed by atoms with Crippen LogP contribution in [0.5, 0.6) is 0 Å². The van der Waals surface area contributed by atoms with Crippen molar-refractivity contribution in [3.63, 3.8) is 0 Å². The maximum Gasteiger partial charge on any atom is 0.137 e. The van der Waals surface area contributed by atoms with Crippen molar-refractivity contribution in [3.05, 3.63) is 48.3 Å². The number of aliphatic hydroxyl groups excluding tert-OH is 1. The number of rotatable bonds is 6. The van der Waals surface area contributed by atoms with Crippen molar-refractivity contribution in [2.24, 2.45) is 5.92 Å². The summed E-state index contributed by atoms with van der Waals surface area (Å²) < 4.78 is 0. The molecule has 2 aliphatic rings. The molecule has 0 bridgehead atoms. The van der Waals surface area contributed by atoms with Gasteiger partial charge in [-0.05, 0) is 55.5 Å². The van der Waals surface area contributed by atoms with Crippen LogP contribution in [0, 0.1) is 5.92 Å². The van der Waals surface area contributed by atoms with E-state index in [-0.39, 0.29) is 6.61 Å². The Labute approximate surface area is 183 Å². The maximum atomic E-state index is 9.48. The fourth-order valence-electron chi connectivity index (χ4n) is 4.64. The molecule has 1 saturated heterocycles. The van der Waals surface area contributed by atoms with Gasteiger partial charge in [-0.15, -0.1) is 0 Å². The van der Waals surface area contributed by atoms with Gasteiger partial charge in [-0.3, -0.25) is 0 Å². The number of nitrogens with one attached hydrogen (secondary N) is 2. The molecular weight excluding hydrogens is 388 g/mol. The lowest BCUT2D eigenvalue weighted by molar-refractivity contribution is 0.209. The molecule has 0 aliphatic carbocycles. The molecule has 2 aliphatic heterocycles. The molecule has 5 rings (SSSR count). The van der Waals surface area contributed by atoms with Gasteiger partial charge in [0, 0.05) is 43.9 Å². The maximum absolute atomic E-state index is 9.48. The van der Waals surface area contributed by atoms with Crippen LogP contribution in [0.25, 0.3) is 10.9 Å². The van der Waals surface area contributed by atoms with Crippen LogP contribution in [0.1, 0.15) is 25.3 Å². The predicted molar refractivity (Wildman–Crippen MR) is 127 cm³/mol. The minimum Gasteiger partial charge on any atom is -0.396 e. The number of hydrogen-bond acceptors (Lipinski definition) is 7. The molecule has 162 valence electrons. The summed E-state index contributed by atoms with van der Waals surface area (Å²) in [7, 11) is 0. The Bertz CT molecular complexity index is 1050. The van der Waals surface area contributed by atoms with E-state index in [1.807, 2.05) is 0 Å². The van der Waals surface area contributed by atoms with Crippen LogP contribution in [0.2, 0.25) is 0 Å². The van der Waals surface area contributed by atoms with Gasteiger partial charge in [0.25, 0.3) is 0 Å². The van der Waals surface area contributed by atoms with Gasteiger partial charge >= 0.3 is 0 Å². The second-order valence-electron chi connectivity index (χ2n) is 8.46. The van der Waals surface area contributed by atoms with Gasteiger partial charge in [-0.2, -0.15) is 0 Å². The lowest BCUT2D eigenvalue weighted by atomic mass is 9.98. The zero-order valence-electron chi connectivity index (χ0n) is 18.0. The molecular formula is C24H30N6O. The van der Waals surface area contributed by atoms with Gasteiger partial charge in [-0.1, -0.05) is 12.1 Å². The molecule has 3 heterocycles. The van der Waals surface area contributed by atoms with Crippen LogP contribution >= 0.6 is 0 Å². The standard InChI is InChI=1S/C24H30N6O/c1-2-29-16-28-22-10-20-21(11-23(22)29)26-15-27-24(20)25-12-17-5-7-19(8-6-17)30-9-3-4-18(13-30)14-31/h5-8,10-11,15,18,28,31H,2-4,9,12-14,16H2,1H3,(H,25,26,27). The number of anilines is 4. The third-order valence-corrected chi connectivity index (χ3v) is 6.47. The van der Waals surface area contributed by atoms with E-state index < -0.39 is 0 Å². The highest BCUT2D eigenvalue weighted by atomic mass is 16.3. The van der Waals surface area contributed by atoms with Crippen molar-refractivity contribution in [1.82, 2.24) is 9.97 Å². The Morgan fingerprint density at radius 2 is 2.06 bits per heavy atom. The molecule has 0 saturated carbocycles. The Kier molecular flexibility index (Phi) is 5.51. The number of benzene rings is 2. The monoisotopic (exact) mass is 418 g/mol. The SMILES string of the molecule is CCN1CNc2cc3c(NCc4ccc(N5CCCC(CO)C5)cc4)ncnc3cc21. The molecule has 7 heteroatoms. The smallest absolute Gasteiger partial charge is 0.137 e. The van der Waals surface area contributed by atoms with Crippen LogP contribution in [0.4, 0.5) is 22.9 Å². The molecule has 31 heavy (non-hydrogen) atoms. The Balaban J connectivity index is 1.30. The number of fused-ring (bicyclic) bond motifs is 2. The summed E-state index contributed by atoms with van der Waals surface area (Å²) in [6.45, 7) is 6.95. The molecule has 1 aromatic heterocycles. The van der Waals surface area contributed by atoms with E-state index in [0.717, 1.165) is 61.6 Å². The van der Waals surface area contributed by atoms with Crippen molar-refractivity contribution >= 4 is 33.8 Å². The van der Waals surface area contributed by atoms with Gasteiger partial charge in [0.05, 0.1) is 23.6 Å². The van der Waals surface area contributed by atoms with Gasteiger partial charge in [0.15, 0.2) is 0 Å². The summed E-state index contributed by atoms with van der Waals surface area (Å²) in [6.07, 6.45) is 3.90. The number of nitrogens with zero attached hydrogens (tertiary/aromatic N) is 4. The first kappa shape index (κ1) is 19.9. The van der Waals surface area contributed by atoms with Gasteiger partial charge in [-0.25, -0.2) is 9.97 Å².